The minimum absolute atomic E-state index is 0.144. The number of benzene rings is 4. The molecule has 0 aliphatic carbocycles. The molecule has 4 heteroatoms. The maximum absolute atomic E-state index is 9.91. The molecule has 0 fully saturated rings. The monoisotopic (exact) mass is 404 g/mol. The van der Waals surface area contributed by atoms with Gasteiger partial charge in [-0.25, -0.2) is 0 Å². The van der Waals surface area contributed by atoms with Crippen LogP contribution in [0, 0.1) is 11.3 Å². The molecule has 0 spiro atoms. The standard InChI is InChI=1S/C27H20N2O2/c28-16-23-25(20-10-6-11-21(15-20)30-17-18-7-2-1-3-8-18)26-22-12-5-4-9-19(22)13-14-24(26)31-27(23)29/h1-15,25H,17,29H2. The van der Waals surface area contributed by atoms with Gasteiger partial charge in [0.1, 0.15) is 29.7 Å². The van der Waals surface area contributed by atoms with Crippen molar-refractivity contribution in [3.8, 4) is 17.6 Å². The van der Waals surface area contributed by atoms with Crippen LogP contribution in [0.2, 0.25) is 0 Å². The van der Waals surface area contributed by atoms with Gasteiger partial charge in [0.15, 0.2) is 0 Å². The summed E-state index contributed by atoms with van der Waals surface area (Å²) in [5, 5.41) is 12.0. The van der Waals surface area contributed by atoms with Crippen LogP contribution in [0.4, 0.5) is 0 Å². The Hall–Kier alpha value is -4.23. The summed E-state index contributed by atoms with van der Waals surface area (Å²) in [5.74, 6) is 1.23. The van der Waals surface area contributed by atoms with Crippen molar-refractivity contribution in [2.45, 2.75) is 12.5 Å². The molecule has 1 heterocycles. The Morgan fingerprint density at radius 2 is 1.71 bits per heavy atom. The zero-order chi connectivity index (χ0) is 21.2. The van der Waals surface area contributed by atoms with Crippen molar-refractivity contribution in [1.82, 2.24) is 0 Å². The molecule has 4 aromatic carbocycles. The number of rotatable bonds is 4. The highest BCUT2D eigenvalue weighted by Crippen LogP contribution is 2.46. The second-order valence-corrected chi connectivity index (χ2v) is 7.47. The van der Waals surface area contributed by atoms with E-state index in [4.69, 9.17) is 15.2 Å². The lowest BCUT2D eigenvalue weighted by atomic mass is 9.81. The number of nitrogens with two attached hydrogens (primary N) is 1. The smallest absolute Gasteiger partial charge is 0.205 e. The lowest BCUT2D eigenvalue weighted by Gasteiger charge is -2.28. The third-order valence-corrected chi connectivity index (χ3v) is 5.55. The van der Waals surface area contributed by atoms with Gasteiger partial charge in [0.25, 0.3) is 0 Å². The quantitative estimate of drug-likeness (QED) is 0.478. The maximum atomic E-state index is 9.91. The van der Waals surface area contributed by atoms with Crippen LogP contribution in [0.1, 0.15) is 22.6 Å². The van der Waals surface area contributed by atoms with Crippen molar-refractivity contribution in [2.75, 3.05) is 0 Å². The van der Waals surface area contributed by atoms with Gasteiger partial charge in [-0.2, -0.15) is 5.26 Å². The van der Waals surface area contributed by atoms with Gasteiger partial charge >= 0.3 is 0 Å². The predicted octanol–water partition coefficient (Wildman–Crippen LogP) is 5.64. The molecular formula is C27H20N2O2. The Balaban J connectivity index is 1.59. The molecule has 4 nitrogen and oxygen atoms in total. The third kappa shape index (κ3) is 3.47. The SMILES string of the molecule is N#CC1=C(N)Oc2ccc3ccccc3c2C1c1cccc(OCc2ccccc2)c1. The Morgan fingerprint density at radius 1 is 0.903 bits per heavy atom. The largest absolute Gasteiger partial charge is 0.489 e. The van der Waals surface area contributed by atoms with E-state index in [-0.39, 0.29) is 11.8 Å². The molecule has 4 aromatic rings. The predicted molar refractivity (Wildman–Crippen MR) is 120 cm³/mol. The summed E-state index contributed by atoms with van der Waals surface area (Å²) in [6.07, 6.45) is 0. The Morgan fingerprint density at radius 3 is 2.55 bits per heavy atom. The van der Waals surface area contributed by atoms with Crippen LogP contribution < -0.4 is 15.2 Å². The van der Waals surface area contributed by atoms with Crippen LogP contribution >= 0.6 is 0 Å². The highest BCUT2D eigenvalue weighted by molar-refractivity contribution is 5.90. The number of hydrogen-bond donors (Lipinski definition) is 1. The fourth-order valence-corrected chi connectivity index (χ4v) is 4.10. The van der Waals surface area contributed by atoms with Crippen molar-refractivity contribution in [2.24, 2.45) is 5.73 Å². The van der Waals surface area contributed by atoms with E-state index in [1.807, 2.05) is 78.9 Å². The average molecular weight is 404 g/mol. The summed E-state index contributed by atoms with van der Waals surface area (Å²) in [6.45, 7) is 0.473. The molecule has 0 saturated carbocycles. The topological polar surface area (TPSA) is 68.3 Å². The zero-order valence-electron chi connectivity index (χ0n) is 16.8. The van der Waals surface area contributed by atoms with Crippen LogP contribution in [0.15, 0.2) is 102 Å². The third-order valence-electron chi connectivity index (χ3n) is 5.55. The molecule has 2 N–H and O–H groups in total. The van der Waals surface area contributed by atoms with Crippen molar-refractivity contribution < 1.29 is 9.47 Å². The lowest BCUT2D eigenvalue weighted by Crippen LogP contribution is -2.21. The van der Waals surface area contributed by atoms with Gasteiger partial charge in [0, 0.05) is 5.56 Å². The fraction of sp³-hybridized carbons (Fsp3) is 0.0741. The summed E-state index contributed by atoms with van der Waals surface area (Å²) in [5.41, 5.74) is 9.54. The molecule has 1 atom stereocenters. The number of nitrogens with zero attached hydrogens (tertiary/aromatic N) is 1. The average Bonchev–Trinajstić information content (AvgIpc) is 2.82. The molecule has 1 aliphatic heterocycles. The van der Waals surface area contributed by atoms with Gasteiger partial charge in [-0.1, -0.05) is 72.8 Å². The highest BCUT2D eigenvalue weighted by atomic mass is 16.5. The number of ether oxygens (including phenoxy) is 2. The van der Waals surface area contributed by atoms with E-state index in [2.05, 4.69) is 18.2 Å². The van der Waals surface area contributed by atoms with Crippen LogP contribution in [0.3, 0.4) is 0 Å². The number of hydrogen-bond acceptors (Lipinski definition) is 4. The summed E-state index contributed by atoms with van der Waals surface area (Å²) in [7, 11) is 0. The van der Waals surface area contributed by atoms with E-state index >= 15 is 0 Å². The first kappa shape index (κ1) is 18.8. The first-order valence-corrected chi connectivity index (χ1v) is 10.1. The van der Waals surface area contributed by atoms with E-state index < -0.39 is 0 Å². The summed E-state index contributed by atoms with van der Waals surface area (Å²) >= 11 is 0. The summed E-state index contributed by atoms with van der Waals surface area (Å²) < 4.78 is 11.9. The molecule has 31 heavy (non-hydrogen) atoms. The van der Waals surface area contributed by atoms with Crippen molar-refractivity contribution in [1.29, 1.82) is 5.26 Å². The molecule has 0 saturated heterocycles. The normalized spacial score (nSPS) is 15.1. The molecule has 1 aliphatic rings. The number of nitriles is 1. The number of fused-ring (bicyclic) bond motifs is 3. The highest BCUT2D eigenvalue weighted by Gasteiger charge is 2.32. The second-order valence-electron chi connectivity index (χ2n) is 7.47. The fourth-order valence-electron chi connectivity index (χ4n) is 4.10. The van der Waals surface area contributed by atoms with Gasteiger partial charge < -0.3 is 15.2 Å². The Kier molecular flexibility index (Phi) is 4.78. The molecule has 0 aromatic heterocycles. The summed E-state index contributed by atoms with van der Waals surface area (Å²) in [4.78, 5) is 0. The van der Waals surface area contributed by atoms with Crippen LogP contribution in [-0.2, 0) is 6.61 Å². The lowest BCUT2D eigenvalue weighted by molar-refractivity contribution is 0.306. The van der Waals surface area contributed by atoms with Crippen molar-refractivity contribution in [3.63, 3.8) is 0 Å². The minimum Gasteiger partial charge on any atom is -0.489 e. The van der Waals surface area contributed by atoms with Gasteiger partial charge in [-0.15, -0.1) is 0 Å². The molecule has 1 unspecified atom stereocenters. The van der Waals surface area contributed by atoms with Crippen molar-refractivity contribution in [3.05, 3.63) is 119 Å². The Labute approximate surface area is 180 Å². The van der Waals surface area contributed by atoms with Gasteiger partial charge in [-0.3, -0.25) is 0 Å². The van der Waals surface area contributed by atoms with E-state index in [9.17, 15) is 5.26 Å². The van der Waals surface area contributed by atoms with Gasteiger partial charge in [-0.05, 0) is 40.1 Å². The van der Waals surface area contributed by atoms with E-state index in [0.29, 0.717) is 17.9 Å². The van der Waals surface area contributed by atoms with E-state index in [1.54, 1.807) is 0 Å². The van der Waals surface area contributed by atoms with Crippen LogP contribution in [-0.4, -0.2) is 0 Å². The molecule has 0 amide bonds. The van der Waals surface area contributed by atoms with Gasteiger partial charge in [0.05, 0.1) is 5.92 Å². The Bertz CT molecular complexity index is 1340. The molecule has 5 rings (SSSR count). The van der Waals surface area contributed by atoms with E-state index in [0.717, 1.165) is 33.2 Å². The zero-order valence-corrected chi connectivity index (χ0v) is 16.8. The molecule has 0 bridgehead atoms. The van der Waals surface area contributed by atoms with Gasteiger partial charge in [0.2, 0.25) is 5.88 Å². The van der Waals surface area contributed by atoms with Crippen LogP contribution in [0.5, 0.6) is 11.5 Å². The maximum Gasteiger partial charge on any atom is 0.205 e. The second kappa shape index (κ2) is 7.89. The number of allylic oxidation sites excluding steroid dienone is 1. The van der Waals surface area contributed by atoms with Crippen molar-refractivity contribution >= 4 is 10.8 Å². The molecule has 150 valence electrons. The summed E-state index contributed by atoms with van der Waals surface area (Å²) in [6, 6.07) is 32.2. The van der Waals surface area contributed by atoms with Crippen LogP contribution in [0.25, 0.3) is 10.8 Å². The first-order chi connectivity index (χ1) is 15.2. The molecular weight excluding hydrogens is 384 g/mol. The van der Waals surface area contributed by atoms with E-state index in [1.165, 1.54) is 0 Å². The minimum atomic E-state index is -0.333. The molecule has 0 radical (unpaired) electrons. The first-order valence-electron chi connectivity index (χ1n) is 10.1.